The summed E-state index contributed by atoms with van der Waals surface area (Å²) >= 11 is 0. The van der Waals surface area contributed by atoms with Crippen LogP contribution >= 0.6 is 0 Å². The van der Waals surface area contributed by atoms with Gasteiger partial charge in [0, 0.05) is 0 Å². The van der Waals surface area contributed by atoms with Crippen molar-refractivity contribution in [1.29, 1.82) is 0 Å². The molecule has 0 fully saturated rings. The number of rotatable bonds is 4. The minimum Gasteiger partial charge on any atom is -0.177 e. The molecular weight excluding hydrogens is 244 g/mol. The maximum Gasteiger partial charge on any atom is 0.245 e. The summed E-state index contributed by atoms with van der Waals surface area (Å²) in [6, 6.07) is 7.96. The van der Waals surface area contributed by atoms with E-state index < -0.39 is 0 Å². The molecule has 0 atom stereocenters. The van der Waals surface area contributed by atoms with Crippen molar-refractivity contribution in [3.8, 4) is 11.6 Å². The average molecular weight is 254 g/mol. The third kappa shape index (κ3) is 2.37. The van der Waals surface area contributed by atoms with Crippen molar-refractivity contribution in [2.75, 3.05) is 0 Å². The molecule has 8 nitrogen and oxygen atoms in total. The van der Waals surface area contributed by atoms with Crippen molar-refractivity contribution < 1.29 is 0 Å². The first-order valence-corrected chi connectivity index (χ1v) is 5.58. The van der Waals surface area contributed by atoms with Crippen LogP contribution in [0.25, 0.3) is 17.7 Å². The first-order valence-electron chi connectivity index (χ1n) is 5.58. The molecule has 19 heavy (non-hydrogen) atoms. The zero-order valence-corrected chi connectivity index (χ0v) is 9.93. The Hall–Kier alpha value is -2.90. The molecule has 94 valence electrons. The molecule has 0 saturated heterocycles. The molecule has 0 amide bonds. The van der Waals surface area contributed by atoms with Crippen LogP contribution < -0.4 is 0 Å². The smallest absolute Gasteiger partial charge is 0.177 e. The molecular formula is C11H10N8. The number of hydrogen-bond donors (Lipinski definition) is 1. The molecule has 0 aliphatic heterocycles. The van der Waals surface area contributed by atoms with Gasteiger partial charge < -0.3 is 0 Å². The molecule has 0 saturated carbocycles. The fourth-order valence-electron chi connectivity index (χ4n) is 1.58. The van der Waals surface area contributed by atoms with Gasteiger partial charge in [0.25, 0.3) is 0 Å². The largest absolute Gasteiger partial charge is 0.245 e. The van der Waals surface area contributed by atoms with Gasteiger partial charge in [0.1, 0.15) is 0 Å². The van der Waals surface area contributed by atoms with Gasteiger partial charge in [0.2, 0.25) is 11.6 Å². The lowest BCUT2D eigenvalue weighted by molar-refractivity contribution is 0.572. The highest BCUT2D eigenvalue weighted by Gasteiger charge is 2.10. The van der Waals surface area contributed by atoms with E-state index in [1.807, 2.05) is 24.3 Å². The van der Waals surface area contributed by atoms with Crippen molar-refractivity contribution in [1.82, 2.24) is 40.8 Å². The van der Waals surface area contributed by atoms with Gasteiger partial charge in [0.15, 0.2) is 0 Å². The zero-order chi connectivity index (χ0) is 13.1. The quantitative estimate of drug-likeness (QED) is 0.729. The summed E-state index contributed by atoms with van der Waals surface area (Å²) in [4.78, 5) is 1.48. The van der Waals surface area contributed by atoms with E-state index in [0.717, 1.165) is 11.1 Å². The van der Waals surface area contributed by atoms with Gasteiger partial charge in [-0.25, -0.2) is 0 Å². The summed E-state index contributed by atoms with van der Waals surface area (Å²) in [6.07, 6.45) is 1.80. The Morgan fingerprint density at radius 3 is 2.68 bits per heavy atom. The van der Waals surface area contributed by atoms with Gasteiger partial charge in [-0.2, -0.15) is 10.0 Å². The SMILES string of the molecule is C=Cc1ccc(Cn2nnc(-c3nn[nH]n3)n2)cc1. The summed E-state index contributed by atoms with van der Waals surface area (Å²) in [5, 5.41) is 25.4. The zero-order valence-electron chi connectivity index (χ0n) is 9.93. The Balaban J connectivity index is 1.78. The molecule has 3 rings (SSSR count). The third-order valence-electron chi connectivity index (χ3n) is 2.54. The summed E-state index contributed by atoms with van der Waals surface area (Å²) < 4.78 is 0. The average Bonchev–Trinajstić information content (AvgIpc) is 3.10. The Morgan fingerprint density at radius 1 is 1.16 bits per heavy atom. The Bertz CT molecular complexity index is 667. The van der Waals surface area contributed by atoms with Gasteiger partial charge >= 0.3 is 0 Å². The number of benzene rings is 1. The molecule has 0 spiro atoms. The summed E-state index contributed by atoms with van der Waals surface area (Å²) in [7, 11) is 0. The first kappa shape index (κ1) is 11.2. The Labute approximate surface area is 108 Å². The standard InChI is InChI=1S/C11H10N8/c1-2-8-3-5-9(6-4-8)7-19-15-11(14-18-19)10-12-16-17-13-10/h2-6H,1,7H2,(H,12,13,16,17). The molecule has 0 unspecified atom stereocenters. The second-order valence-corrected chi connectivity index (χ2v) is 3.82. The van der Waals surface area contributed by atoms with Crippen LogP contribution in [0.3, 0.4) is 0 Å². The summed E-state index contributed by atoms with van der Waals surface area (Å²) in [6.45, 7) is 4.24. The minimum absolute atomic E-state index is 0.327. The van der Waals surface area contributed by atoms with E-state index in [1.165, 1.54) is 4.80 Å². The molecule has 1 aromatic carbocycles. The van der Waals surface area contributed by atoms with Gasteiger partial charge in [0.05, 0.1) is 6.54 Å². The van der Waals surface area contributed by atoms with Crippen LogP contribution in [-0.2, 0) is 6.54 Å². The predicted octanol–water partition coefficient (Wildman–Crippen LogP) is 0.544. The molecule has 2 aromatic heterocycles. The first-order chi connectivity index (χ1) is 9.35. The number of nitrogens with zero attached hydrogens (tertiary/aromatic N) is 7. The number of H-pyrrole nitrogens is 1. The Kier molecular flexibility index (Phi) is 2.81. The fourth-order valence-corrected chi connectivity index (χ4v) is 1.58. The summed E-state index contributed by atoms with van der Waals surface area (Å²) in [5.74, 6) is 0.671. The molecule has 0 radical (unpaired) electrons. The van der Waals surface area contributed by atoms with Crippen LogP contribution in [-0.4, -0.2) is 40.8 Å². The van der Waals surface area contributed by atoms with Crippen molar-refractivity contribution in [2.45, 2.75) is 6.54 Å². The predicted molar refractivity (Wildman–Crippen MR) is 66.6 cm³/mol. The van der Waals surface area contributed by atoms with Gasteiger partial charge in [-0.3, -0.25) is 0 Å². The lowest BCUT2D eigenvalue weighted by Crippen LogP contribution is -2.04. The van der Waals surface area contributed by atoms with Gasteiger partial charge in [-0.05, 0) is 21.6 Å². The van der Waals surface area contributed by atoms with Crippen LogP contribution in [0.1, 0.15) is 11.1 Å². The van der Waals surface area contributed by atoms with E-state index in [2.05, 4.69) is 42.6 Å². The number of aromatic nitrogens is 8. The third-order valence-corrected chi connectivity index (χ3v) is 2.54. The number of nitrogens with one attached hydrogen (secondary N) is 1. The minimum atomic E-state index is 0.327. The second-order valence-electron chi connectivity index (χ2n) is 3.82. The maximum atomic E-state index is 4.18. The van der Waals surface area contributed by atoms with Gasteiger partial charge in [-0.15, -0.1) is 20.4 Å². The topological polar surface area (TPSA) is 98.1 Å². The van der Waals surface area contributed by atoms with Crippen molar-refractivity contribution in [3.05, 3.63) is 42.0 Å². The van der Waals surface area contributed by atoms with E-state index in [9.17, 15) is 0 Å². The van der Waals surface area contributed by atoms with Crippen molar-refractivity contribution in [3.63, 3.8) is 0 Å². The van der Waals surface area contributed by atoms with Gasteiger partial charge in [-0.1, -0.05) is 36.9 Å². The molecule has 0 aliphatic carbocycles. The van der Waals surface area contributed by atoms with Crippen molar-refractivity contribution >= 4 is 6.08 Å². The van der Waals surface area contributed by atoms with Crippen LogP contribution in [0.5, 0.6) is 0 Å². The molecule has 0 bridgehead atoms. The van der Waals surface area contributed by atoms with E-state index in [1.54, 1.807) is 6.08 Å². The van der Waals surface area contributed by atoms with E-state index in [0.29, 0.717) is 18.2 Å². The molecule has 2 heterocycles. The van der Waals surface area contributed by atoms with E-state index in [-0.39, 0.29) is 0 Å². The molecule has 0 aliphatic rings. The molecule has 8 heteroatoms. The highest BCUT2D eigenvalue weighted by atomic mass is 15.6. The highest BCUT2D eigenvalue weighted by molar-refractivity contribution is 5.47. The number of tetrazole rings is 2. The van der Waals surface area contributed by atoms with E-state index >= 15 is 0 Å². The number of hydrogen-bond acceptors (Lipinski definition) is 6. The molecule has 1 N–H and O–H groups in total. The maximum absolute atomic E-state index is 4.18. The lowest BCUT2D eigenvalue weighted by Gasteiger charge is -1.99. The van der Waals surface area contributed by atoms with E-state index in [4.69, 9.17) is 0 Å². The highest BCUT2D eigenvalue weighted by Crippen LogP contribution is 2.08. The fraction of sp³-hybridized carbons (Fsp3) is 0.0909. The molecule has 3 aromatic rings. The van der Waals surface area contributed by atoms with Crippen molar-refractivity contribution in [2.24, 2.45) is 0 Å². The summed E-state index contributed by atoms with van der Waals surface area (Å²) in [5.41, 5.74) is 2.14. The van der Waals surface area contributed by atoms with Crippen LogP contribution in [0, 0.1) is 0 Å². The second kappa shape index (κ2) is 4.77. The van der Waals surface area contributed by atoms with Crippen LogP contribution in [0.2, 0.25) is 0 Å². The normalized spacial score (nSPS) is 10.5. The van der Waals surface area contributed by atoms with Crippen LogP contribution in [0.4, 0.5) is 0 Å². The number of aromatic amines is 1. The lowest BCUT2D eigenvalue weighted by atomic mass is 10.1. The van der Waals surface area contributed by atoms with Crippen LogP contribution in [0.15, 0.2) is 30.8 Å². The monoisotopic (exact) mass is 254 g/mol. The Morgan fingerprint density at radius 2 is 2.00 bits per heavy atom.